The molecule has 1 aliphatic carbocycles. The fourth-order valence-corrected chi connectivity index (χ4v) is 4.04. The molecule has 0 saturated heterocycles. The second-order valence-electron chi connectivity index (χ2n) is 4.95. The van der Waals surface area contributed by atoms with E-state index in [0.29, 0.717) is 5.92 Å². The molecule has 0 amide bonds. The van der Waals surface area contributed by atoms with Gasteiger partial charge in [-0.1, -0.05) is 67.3 Å². The highest BCUT2D eigenvalue weighted by molar-refractivity contribution is 7.17. The third-order valence-corrected chi connectivity index (χ3v) is 5.08. The highest BCUT2D eigenvalue weighted by Crippen LogP contribution is 2.31. The Bertz CT molecular complexity index is 815. The maximum atomic E-state index is 3.84. The predicted octanol–water partition coefficient (Wildman–Crippen LogP) is 4.27. The maximum absolute atomic E-state index is 3.84. The quantitative estimate of drug-likeness (QED) is 0.769. The molecule has 0 bridgehead atoms. The summed E-state index contributed by atoms with van der Waals surface area (Å²) in [4.78, 5) is 0. The molecule has 1 aromatic heterocycles. The van der Waals surface area contributed by atoms with Crippen LogP contribution in [-0.4, -0.2) is 0 Å². The summed E-state index contributed by atoms with van der Waals surface area (Å²) in [6.07, 6.45) is 16.1. The second-order valence-corrected chi connectivity index (χ2v) is 6.00. The Morgan fingerprint density at radius 3 is 2.90 bits per heavy atom. The number of benzene rings is 1. The zero-order valence-electron chi connectivity index (χ0n) is 11.7. The van der Waals surface area contributed by atoms with Gasteiger partial charge in [0.25, 0.3) is 0 Å². The van der Waals surface area contributed by atoms with Gasteiger partial charge in [-0.3, -0.25) is 0 Å². The summed E-state index contributed by atoms with van der Waals surface area (Å²) in [5.74, 6) is 0.503. The Morgan fingerprint density at radius 2 is 2.20 bits per heavy atom. The van der Waals surface area contributed by atoms with Crippen molar-refractivity contribution in [2.45, 2.75) is 19.3 Å². The van der Waals surface area contributed by atoms with Gasteiger partial charge in [-0.2, -0.15) is 0 Å². The molecule has 0 saturated carbocycles. The average Bonchev–Trinajstić information content (AvgIpc) is 2.86. The Hall–Kier alpha value is -1.86. The van der Waals surface area contributed by atoms with Crippen LogP contribution in [0.1, 0.15) is 24.8 Å². The second kappa shape index (κ2) is 5.64. The minimum absolute atomic E-state index is 0.503. The molecule has 1 heterocycles. The number of hydrogen-bond acceptors (Lipinski definition) is 1. The van der Waals surface area contributed by atoms with Gasteiger partial charge in [0.15, 0.2) is 0 Å². The first kappa shape index (κ1) is 13.1. The van der Waals surface area contributed by atoms with Gasteiger partial charge in [0, 0.05) is 20.5 Å². The zero-order valence-corrected chi connectivity index (χ0v) is 12.5. The molecule has 100 valence electrons. The van der Waals surface area contributed by atoms with E-state index >= 15 is 0 Å². The lowest BCUT2D eigenvalue weighted by Crippen LogP contribution is -2.17. The summed E-state index contributed by atoms with van der Waals surface area (Å²) < 4.78 is 2.75. The van der Waals surface area contributed by atoms with Crippen LogP contribution < -0.4 is 9.75 Å². The number of rotatable bonds is 2. The number of thiophene rings is 1. The lowest BCUT2D eigenvalue weighted by atomic mass is 9.92. The minimum Gasteiger partial charge on any atom is -0.135 e. The molecule has 0 fully saturated rings. The van der Waals surface area contributed by atoms with Crippen molar-refractivity contribution in [3.63, 3.8) is 0 Å². The van der Waals surface area contributed by atoms with Gasteiger partial charge >= 0.3 is 0 Å². The van der Waals surface area contributed by atoms with Gasteiger partial charge < -0.3 is 0 Å². The predicted molar refractivity (Wildman–Crippen MR) is 91.5 cm³/mol. The highest BCUT2D eigenvalue weighted by Gasteiger charge is 2.13. The summed E-state index contributed by atoms with van der Waals surface area (Å²) in [5, 5.41) is 2.66. The SMILES string of the molecule is C=C/C=c1\c(=C/C)sc2c(C3C=CC=CC3)cccc12. The monoisotopic (exact) mass is 278 g/mol. The zero-order chi connectivity index (χ0) is 13.9. The van der Waals surface area contributed by atoms with Crippen LogP contribution in [0.2, 0.25) is 0 Å². The van der Waals surface area contributed by atoms with Crippen LogP contribution >= 0.6 is 11.3 Å². The largest absolute Gasteiger partial charge is 0.135 e. The van der Waals surface area contributed by atoms with Crippen LogP contribution in [0, 0.1) is 0 Å². The smallest absolute Gasteiger partial charge is 0.0393 e. The third kappa shape index (κ3) is 2.19. The molecule has 1 aliphatic rings. The van der Waals surface area contributed by atoms with Gasteiger partial charge in [-0.15, -0.1) is 11.3 Å². The molecule has 0 spiro atoms. The van der Waals surface area contributed by atoms with Crippen LogP contribution in [0.5, 0.6) is 0 Å². The van der Waals surface area contributed by atoms with Crippen molar-refractivity contribution in [3.8, 4) is 0 Å². The van der Waals surface area contributed by atoms with Crippen molar-refractivity contribution in [2.75, 3.05) is 0 Å². The van der Waals surface area contributed by atoms with E-state index in [0.717, 1.165) is 6.42 Å². The van der Waals surface area contributed by atoms with Crippen molar-refractivity contribution < 1.29 is 0 Å². The molecule has 20 heavy (non-hydrogen) atoms. The summed E-state index contributed by atoms with van der Waals surface area (Å²) in [7, 11) is 0. The molecular weight excluding hydrogens is 260 g/mol. The van der Waals surface area contributed by atoms with Crippen molar-refractivity contribution in [1.82, 2.24) is 0 Å². The first-order valence-corrected chi connectivity index (χ1v) is 7.80. The Kier molecular flexibility index (Phi) is 3.70. The Labute approximate surface area is 123 Å². The number of allylic oxidation sites excluding steroid dienone is 5. The first-order chi connectivity index (χ1) is 9.85. The van der Waals surface area contributed by atoms with Crippen LogP contribution in [-0.2, 0) is 0 Å². The molecule has 2 aromatic rings. The topological polar surface area (TPSA) is 0 Å². The lowest BCUT2D eigenvalue weighted by Gasteiger charge is -2.14. The Morgan fingerprint density at radius 1 is 1.30 bits per heavy atom. The minimum atomic E-state index is 0.503. The van der Waals surface area contributed by atoms with E-state index in [-0.39, 0.29) is 0 Å². The normalized spacial score (nSPS) is 19.9. The molecule has 0 nitrogen and oxygen atoms in total. The molecular formula is C19H18S. The summed E-state index contributed by atoms with van der Waals surface area (Å²) >= 11 is 1.89. The van der Waals surface area contributed by atoms with Gasteiger partial charge in [0.05, 0.1) is 0 Å². The van der Waals surface area contributed by atoms with E-state index in [1.807, 2.05) is 17.4 Å². The van der Waals surface area contributed by atoms with Gasteiger partial charge in [-0.05, 0) is 24.1 Å². The standard InChI is InChI=1S/C19H18S/c1-3-9-16-17-13-8-12-15(14-10-6-5-7-11-14)19(17)20-18(16)4-2/h3-10,12-14H,1,11H2,2H3/b16-9-,18-4+. The summed E-state index contributed by atoms with van der Waals surface area (Å²) in [5.41, 5.74) is 1.44. The highest BCUT2D eigenvalue weighted by atomic mass is 32.1. The fourth-order valence-electron chi connectivity index (χ4n) is 2.79. The van der Waals surface area contributed by atoms with E-state index in [9.17, 15) is 0 Å². The van der Waals surface area contributed by atoms with E-state index < -0.39 is 0 Å². The van der Waals surface area contributed by atoms with Gasteiger partial charge in [0.1, 0.15) is 0 Å². The molecule has 1 aromatic carbocycles. The summed E-state index contributed by atoms with van der Waals surface area (Å²) in [6.45, 7) is 5.95. The molecule has 1 heteroatoms. The van der Waals surface area contributed by atoms with Crippen molar-refractivity contribution in [3.05, 3.63) is 70.5 Å². The van der Waals surface area contributed by atoms with E-state index in [1.54, 1.807) is 0 Å². The molecule has 1 atom stereocenters. The van der Waals surface area contributed by atoms with E-state index in [1.165, 1.54) is 25.4 Å². The third-order valence-electron chi connectivity index (χ3n) is 3.74. The molecule has 3 rings (SSSR count). The van der Waals surface area contributed by atoms with E-state index in [2.05, 4.69) is 68.2 Å². The van der Waals surface area contributed by atoms with E-state index in [4.69, 9.17) is 0 Å². The van der Waals surface area contributed by atoms with Crippen molar-refractivity contribution in [2.24, 2.45) is 0 Å². The molecule has 0 aliphatic heterocycles. The molecule has 0 N–H and O–H groups in total. The number of fused-ring (bicyclic) bond motifs is 1. The van der Waals surface area contributed by atoms with Gasteiger partial charge in [0.2, 0.25) is 0 Å². The average molecular weight is 278 g/mol. The van der Waals surface area contributed by atoms with Crippen molar-refractivity contribution in [1.29, 1.82) is 0 Å². The van der Waals surface area contributed by atoms with Crippen LogP contribution in [0.4, 0.5) is 0 Å². The van der Waals surface area contributed by atoms with Crippen LogP contribution in [0.3, 0.4) is 0 Å². The maximum Gasteiger partial charge on any atom is 0.0393 e. The van der Waals surface area contributed by atoms with Crippen LogP contribution in [0.15, 0.2) is 55.2 Å². The molecule has 1 unspecified atom stereocenters. The van der Waals surface area contributed by atoms with Gasteiger partial charge in [-0.25, -0.2) is 0 Å². The first-order valence-electron chi connectivity index (χ1n) is 6.99. The number of hydrogen-bond donors (Lipinski definition) is 0. The van der Waals surface area contributed by atoms with Crippen molar-refractivity contribution >= 4 is 33.6 Å². The molecule has 0 radical (unpaired) electrons. The fraction of sp³-hybridized carbons (Fsp3) is 0.158. The van der Waals surface area contributed by atoms with Crippen LogP contribution in [0.25, 0.3) is 22.2 Å². The lowest BCUT2D eigenvalue weighted by molar-refractivity contribution is 0.863. The summed E-state index contributed by atoms with van der Waals surface area (Å²) in [6, 6.07) is 6.67. The Balaban J connectivity index is 2.31.